The van der Waals surface area contributed by atoms with E-state index in [4.69, 9.17) is 14.2 Å². The van der Waals surface area contributed by atoms with Crippen LogP contribution >= 0.6 is 0 Å². The number of hydrogen-bond acceptors (Lipinski definition) is 4. The third-order valence-corrected chi connectivity index (χ3v) is 3.65. The van der Waals surface area contributed by atoms with Crippen molar-refractivity contribution >= 4 is 6.09 Å². The lowest BCUT2D eigenvalue weighted by molar-refractivity contribution is -0.0540. The van der Waals surface area contributed by atoms with E-state index in [0.717, 1.165) is 26.1 Å². The van der Waals surface area contributed by atoms with E-state index in [0.29, 0.717) is 13.2 Å². The lowest BCUT2D eigenvalue weighted by Crippen LogP contribution is -2.57. The van der Waals surface area contributed by atoms with Gasteiger partial charge in [0.05, 0.1) is 31.9 Å². The highest BCUT2D eigenvalue weighted by molar-refractivity contribution is 5.70. The van der Waals surface area contributed by atoms with E-state index in [9.17, 15) is 4.79 Å². The predicted octanol–water partition coefficient (Wildman–Crippen LogP) is 2.75. The molecule has 2 heterocycles. The molecule has 0 radical (unpaired) electrons. The summed E-state index contributed by atoms with van der Waals surface area (Å²) in [6.45, 7) is 10.3. The summed E-state index contributed by atoms with van der Waals surface area (Å²) in [7, 11) is 0. The molecule has 2 aliphatic rings. The van der Waals surface area contributed by atoms with Crippen molar-refractivity contribution in [1.82, 2.24) is 4.90 Å². The zero-order valence-corrected chi connectivity index (χ0v) is 13.6. The third kappa shape index (κ3) is 4.45. The molecule has 21 heavy (non-hydrogen) atoms. The first kappa shape index (κ1) is 16.3. The van der Waals surface area contributed by atoms with Gasteiger partial charge in [0.15, 0.2) is 0 Å². The molecule has 2 unspecified atom stereocenters. The van der Waals surface area contributed by atoms with Crippen molar-refractivity contribution in [3.05, 3.63) is 11.6 Å². The molecule has 0 N–H and O–H groups in total. The van der Waals surface area contributed by atoms with Gasteiger partial charge in [-0.25, -0.2) is 4.79 Å². The molecule has 1 amide bonds. The smallest absolute Gasteiger partial charge is 0.411 e. The average Bonchev–Trinajstić information content (AvgIpc) is 2.35. The fourth-order valence-electron chi connectivity index (χ4n) is 2.82. The highest BCUT2D eigenvalue weighted by atomic mass is 16.6. The van der Waals surface area contributed by atoms with Crippen LogP contribution in [0.5, 0.6) is 0 Å². The molecular formula is C16H27NO4. The van der Waals surface area contributed by atoms with E-state index in [1.165, 1.54) is 5.57 Å². The highest BCUT2D eigenvalue weighted by Gasteiger charge is 2.39. The summed E-state index contributed by atoms with van der Waals surface area (Å²) in [6, 6.07) is 0.0733. The minimum Gasteiger partial charge on any atom is -0.444 e. The summed E-state index contributed by atoms with van der Waals surface area (Å²) in [5, 5.41) is 0. The van der Waals surface area contributed by atoms with Crippen LogP contribution in [0.1, 0.15) is 40.5 Å². The molecule has 1 saturated heterocycles. The number of carbonyl (C=O) groups excluding carboxylic acids is 1. The van der Waals surface area contributed by atoms with Crippen LogP contribution in [0.2, 0.25) is 0 Å². The van der Waals surface area contributed by atoms with Gasteiger partial charge < -0.3 is 14.2 Å². The summed E-state index contributed by atoms with van der Waals surface area (Å²) in [5.41, 5.74) is 0.895. The lowest BCUT2D eigenvalue weighted by Gasteiger charge is -2.44. The fraction of sp³-hybridized carbons (Fsp3) is 0.812. The van der Waals surface area contributed by atoms with Crippen molar-refractivity contribution < 1.29 is 19.0 Å². The molecule has 2 rings (SSSR count). The van der Waals surface area contributed by atoms with Gasteiger partial charge in [-0.2, -0.15) is 0 Å². The van der Waals surface area contributed by atoms with Gasteiger partial charge in [-0.15, -0.1) is 0 Å². The SMILES string of the molecule is CCOCCC1=CC2COCC(C1)N2C(=O)OC(C)(C)C. The fourth-order valence-corrected chi connectivity index (χ4v) is 2.82. The van der Waals surface area contributed by atoms with E-state index in [1.54, 1.807) is 0 Å². The number of fused-ring (bicyclic) bond motifs is 2. The Labute approximate surface area is 127 Å². The van der Waals surface area contributed by atoms with Gasteiger partial charge in [0.1, 0.15) is 5.60 Å². The Kier molecular flexibility index (Phi) is 5.27. The second-order valence-electron chi connectivity index (χ2n) is 6.62. The van der Waals surface area contributed by atoms with Crippen LogP contribution in [0.15, 0.2) is 11.6 Å². The molecule has 1 fully saturated rings. The zero-order chi connectivity index (χ0) is 15.5. The second kappa shape index (κ2) is 6.79. The lowest BCUT2D eigenvalue weighted by atomic mass is 9.93. The van der Waals surface area contributed by atoms with Crippen molar-refractivity contribution in [2.75, 3.05) is 26.4 Å². The monoisotopic (exact) mass is 297 g/mol. The number of carbonyl (C=O) groups is 1. The summed E-state index contributed by atoms with van der Waals surface area (Å²) in [4.78, 5) is 14.2. The summed E-state index contributed by atoms with van der Waals surface area (Å²) in [5.74, 6) is 0. The molecule has 2 bridgehead atoms. The molecule has 0 aromatic heterocycles. The van der Waals surface area contributed by atoms with Crippen LogP contribution in [0, 0.1) is 0 Å². The van der Waals surface area contributed by atoms with Gasteiger partial charge in [-0.3, -0.25) is 4.90 Å². The number of ether oxygens (including phenoxy) is 3. The molecule has 2 atom stereocenters. The number of morpholine rings is 1. The first-order valence-corrected chi connectivity index (χ1v) is 7.77. The maximum atomic E-state index is 12.4. The number of hydrogen-bond donors (Lipinski definition) is 0. The van der Waals surface area contributed by atoms with E-state index < -0.39 is 5.60 Å². The summed E-state index contributed by atoms with van der Waals surface area (Å²) < 4.78 is 16.5. The maximum Gasteiger partial charge on any atom is 0.411 e. The van der Waals surface area contributed by atoms with Gasteiger partial charge in [0, 0.05) is 6.61 Å². The molecule has 5 heteroatoms. The highest BCUT2D eigenvalue weighted by Crippen LogP contribution is 2.30. The average molecular weight is 297 g/mol. The van der Waals surface area contributed by atoms with Gasteiger partial charge >= 0.3 is 6.09 Å². The van der Waals surface area contributed by atoms with E-state index in [2.05, 4.69) is 6.08 Å². The molecule has 0 aliphatic carbocycles. The van der Waals surface area contributed by atoms with E-state index >= 15 is 0 Å². The topological polar surface area (TPSA) is 48.0 Å². The molecule has 0 spiro atoms. The molecule has 120 valence electrons. The van der Waals surface area contributed by atoms with E-state index in [-0.39, 0.29) is 18.2 Å². The van der Waals surface area contributed by atoms with Gasteiger partial charge in [-0.05, 0) is 40.5 Å². The maximum absolute atomic E-state index is 12.4. The Morgan fingerprint density at radius 2 is 2.19 bits per heavy atom. The molecular weight excluding hydrogens is 270 g/mol. The predicted molar refractivity (Wildman–Crippen MR) is 80.3 cm³/mol. The van der Waals surface area contributed by atoms with Crippen LogP contribution in [0.4, 0.5) is 4.79 Å². The quantitative estimate of drug-likeness (QED) is 0.591. The normalized spacial score (nSPS) is 25.5. The van der Waals surface area contributed by atoms with Crippen molar-refractivity contribution in [2.45, 2.75) is 58.2 Å². The molecule has 0 aromatic carbocycles. The number of rotatable bonds is 4. The first-order chi connectivity index (χ1) is 9.90. The van der Waals surface area contributed by atoms with Crippen LogP contribution < -0.4 is 0 Å². The van der Waals surface area contributed by atoms with Crippen molar-refractivity contribution in [1.29, 1.82) is 0 Å². The Balaban J connectivity index is 2.03. The minimum atomic E-state index is -0.467. The van der Waals surface area contributed by atoms with Crippen LogP contribution in [-0.2, 0) is 14.2 Å². The summed E-state index contributed by atoms with van der Waals surface area (Å²) >= 11 is 0. The minimum absolute atomic E-state index is 0.0102. The molecule has 0 saturated carbocycles. The van der Waals surface area contributed by atoms with Crippen molar-refractivity contribution in [3.8, 4) is 0 Å². The Morgan fingerprint density at radius 3 is 2.81 bits per heavy atom. The van der Waals surface area contributed by atoms with E-state index in [1.807, 2.05) is 32.6 Å². The largest absolute Gasteiger partial charge is 0.444 e. The van der Waals surface area contributed by atoms with Gasteiger partial charge in [0.2, 0.25) is 0 Å². The van der Waals surface area contributed by atoms with Crippen LogP contribution in [-0.4, -0.2) is 55.1 Å². The molecule has 5 nitrogen and oxygen atoms in total. The molecule has 0 aromatic rings. The Bertz CT molecular complexity index is 400. The van der Waals surface area contributed by atoms with Crippen molar-refractivity contribution in [2.24, 2.45) is 0 Å². The van der Waals surface area contributed by atoms with Gasteiger partial charge in [0.25, 0.3) is 0 Å². The van der Waals surface area contributed by atoms with Crippen LogP contribution in [0.3, 0.4) is 0 Å². The number of nitrogens with zero attached hydrogens (tertiary/aromatic N) is 1. The number of amides is 1. The Morgan fingerprint density at radius 1 is 1.43 bits per heavy atom. The van der Waals surface area contributed by atoms with Crippen LogP contribution in [0.25, 0.3) is 0 Å². The standard InChI is InChI=1S/C16H27NO4/c1-5-19-7-6-12-8-13-10-20-11-14(9-12)17(13)15(18)21-16(2,3)4/h8,13-14H,5-7,9-11H2,1-4H3. The second-order valence-corrected chi connectivity index (χ2v) is 6.62. The first-order valence-electron chi connectivity index (χ1n) is 7.77. The zero-order valence-electron chi connectivity index (χ0n) is 13.6. The molecule has 2 aliphatic heterocycles. The van der Waals surface area contributed by atoms with Gasteiger partial charge in [-0.1, -0.05) is 11.6 Å². The third-order valence-electron chi connectivity index (χ3n) is 3.65. The summed E-state index contributed by atoms with van der Waals surface area (Å²) in [6.07, 6.45) is 3.70. The Hall–Kier alpha value is -1.07. The van der Waals surface area contributed by atoms with Crippen molar-refractivity contribution in [3.63, 3.8) is 0 Å².